The van der Waals surface area contributed by atoms with Gasteiger partial charge in [0.25, 0.3) is 0 Å². The number of hydrogen-bond acceptors (Lipinski definition) is 3. The van der Waals surface area contributed by atoms with Crippen LogP contribution in [0.4, 0.5) is 11.4 Å². The number of anilines is 2. The average Bonchev–Trinajstić information content (AvgIpc) is 2.45. The summed E-state index contributed by atoms with van der Waals surface area (Å²) in [6.45, 7) is 2.86. The van der Waals surface area contributed by atoms with Crippen LogP contribution in [0.1, 0.15) is 12.8 Å². The molecule has 0 aromatic heterocycles. The lowest BCUT2D eigenvalue weighted by atomic mass is 9.97. The number of para-hydroxylation sites is 2. The summed E-state index contributed by atoms with van der Waals surface area (Å²) in [5, 5.41) is 12.4. The smallest absolute Gasteiger partial charge is 0.0764 e. The molecule has 0 spiro atoms. The highest BCUT2D eigenvalue weighted by atomic mass is 16.3. The molecule has 3 nitrogen and oxygen atoms in total. The highest BCUT2D eigenvalue weighted by molar-refractivity contribution is 5.70. The lowest BCUT2D eigenvalue weighted by Crippen LogP contribution is -2.35. The van der Waals surface area contributed by atoms with Gasteiger partial charge in [-0.3, -0.25) is 0 Å². The van der Waals surface area contributed by atoms with Crippen molar-refractivity contribution in [2.75, 3.05) is 36.5 Å². The molecule has 1 saturated heterocycles. The molecule has 3 heteroatoms. The molecular formula is C15H20N2O. The van der Waals surface area contributed by atoms with Crippen LogP contribution >= 0.6 is 0 Å². The Labute approximate surface area is 109 Å². The third-order valence-corrected chi connectivity index (χ3v) is 3.50. The second-order valence-corrected chi connectivity index (χ2v) is 4.69. The fraction of sp³-hybridized carbons (Fsp3) is 0.467. The second kappa shape index (κ2) is 6.32. The van der Waals surface area contributed by atoms with Gasteiger partial charge in [0.1, 0.15) is 0 Å². The van der Waals surface area contributed by atoms with E-state index in [1.807, 2.05) is 6.07 Å². The predicted molar refractivity (Wildman–Crippen MR) is 75.8 cm³/mol. The first-order chi connectivity index (χ1) is 8.85. The van der Waals surface area contributed by atoms with E-state index in [1.54, 1.807) is 0 Å². The zero-order valence-electron chi connectivity index (χ0n) is 10.6. The Balaban J connectivity index is 2.06. The van der Waals surface area contributed by atoms with Gasteiger partial charge in [0.15, 0.2) is 0 Å². The minimum absolute atomic E-state index is 0.310. The molecule has 1 aromatic carbocycles. The van der Waals surface area contributed by atoms with E-state index in [-0.39, 0.29) is 0 Å². The maximum absolute atomic E-state index is 9.17. The Morgan fingerprint density at radius 1 is 1.33 bits per heavy atom. The van der Waals surface area contributed by atoms with Crippen molar-refractivity contribution in [3.63, 3.8) is 0 Å². The third-order valence-electron chi connectivity index (χ3n) is 3.50. The SMILES string of the molecule is C#CCNc1ccccc1N1CCC(CO)CC1. The average molecular weight is 244 g/mol. The van der Waals surface area contributed by atoms with E-state index in [4.69, 9.17) is 11.5 Å². The van der Waals surface area contributed by atoms with Crippen LogP contribution in [0.5, 0.6) is 0 Å². The second-order valence-electron chi connectivity index (χ2n) is 4.69. The van der Waals surface area contributed by atoms with Gasteiger partial charge in [-0.05, 0) is 30.9 Å². The maximum Gasteiger partial charge on any atom is 0.0764 e. The van der Waals surface area contributed by atoms with Gasteiger partial charge in [-0.2, -0.15) is 0 Å². The first kappa shape index (κ1) is 12.8. The molecular weight excluding hydrogens is 224 g/mol. The number of benzene rings is 1. The topological polar surface area (TPSA) is 35.5 Å². The van der Waals surface area contributed by atoms with Crippen molar-refractivity contribution >= 4 is 11.4 Å². The molecule has 2 N–H and O–H groups in total. The molecule has 0 amide bonds. The molecule has 0 atom stereocenters. The highest BCUT2D eigenvalue weighted by Crippen LogP contribution is 2.29. The van der Waals surface area contributed by atoms with E-state index in [0.29, 0.717) is 19.1 Å². The molecule has 0 unspecified atom stereocenters. The van der Waals surface area contributed by atoms with Crippen molar-refractivity contribution in [2.45, 2.75) is 12.8 Å². The molecule has 96 valence electrons. The molecule has 1 heterocycles. The van der Waals surface area contributed by atoms with Crippen molar-refractivity contribution in [1.29, 1.82) is 0 Å². The van der Waals surface area contributed by atoms with Crippen molar-refractivity contribution in [3.8, 4) is 12.3 Å². The summed E-state index contributed by atoms with van der Waals surface area (Å²) in [4.78, 5) is 2.37. The van der Waals surface area contributed by atoms with Crippen LogP contribution in [0, 0.1) is 18.3 Å². The number of terminal acetylenes is 1. The number of hydrogen-bond donors (Lipinski definition) is 2. The van der Waals surface area contributed by atoms with Crippen LogP contribution in [0.15, 0.2) is 24.3 Å². The molecule has 1 aliphatic rings. The molecule has 2 rings (SSSR count). The van der Waals surface area contributed by atoms with Gasteiger partial charge in [0, 0.05) is 19.7 Å². The molecule has 1 aromatic rings. The van der Waals surface area contributed by atoms with Gasteiger partial charge in [-0.25, -0.2) is 0 Å². The zero-order valence-corrected chi connectivity index (χ0v) is 10.6. The number of aliphatic hydroxyl groups excluding tert-OH is 1. The fourth-order valence-corrected chi connectivity index (χ4v) is 2.40. The highest BCUT2D eigenvalue weighted by Gasteiger charge is 2.20. The summed E-state index contributed by atoms with van der Waals surface area (Å²) in [6, 6.07) is 8.25. The van der Waals surface area contributed by atoms with Gasteiger partial charge in [0.05, 0.1) is 17.9 Å². The normalized spacial score (nSPS) is 16.3. The molecule has 0 radical (unpaired) electrons. The van der Waals surface area contributed by atoms with E-state index >= 15 is 0 Å². The minimum Gasteiger partial charge on any atom is -0.396 e. The number of nitrogens with zero attached hydrogens (tertiary/aromatic N) is 1. The van der Waals surface area contributed by atoms with Crippen LogP contribution in [0.3, 0.4) is 0 Å². The van der Waals surface area contributed by atoms with E-state index < -0.39 is 0 Å². The number of rotatable bonds is 4. The van der Waals surface area contributed by atoms with Crippen LogP contribution in [-0.2, 0) is 0 Å². The quantitative estimate of drug-likeness (QED) is 0.795. The minimum atomic E-state index is 0.310. The Kier molecular flexibility index (Phi) is 4.49. The molecule has 0 aliphatic carbocycles. The predicted octanol–water partition coefficient (Wildman–Crippen LogP) is 1.94. The summed E-state index contributed by atoms with van der Waals surface area (Å²) in [7, 11) is 0. The largest absolute Gasteiger partial charge is 0.396 e. The fourth-order valence-electron chi connectivity index (χ4n) is 2.40. The van der Waals surface area contributed by atoms with Gasteiger partial charge in [-0.15, -0.1) is 6.42 Å². The van der Waals surface area contributed by atoms with Crippen LogP contribution < -0.4 is 10.2 Å². The number of piperidine rings is 1. The lowest BCUT2D eigenvalue weighted by molar-refractivity contribution is 0.203. The molecule has 18 heavy (non-hydrogen) atoms. The molecule has 1 aliphatic heterocycles. The van der Waals surface area contributed by atoms with Gasteiger partial charge in [-0.1, -0.05) is 18.1 Å². The summed E-state index contributed by atoms with van der Waals surface area (Å²) >= 11 is 0. The summed E-state index contributed by atoms with van der Waals surface area (Å²) in [5.41, 5.74) is 2.31. The van der Waals surface area contributed by atoms with Crippen molar-refractivity contribution in [3.05, 3.63) is 24.3 Å². The van der Waals surface area contributed by atoms with Gasteiger partial charge >= 0.3 is 0 Å². The number of aliphatic hydroxyl groups is 1. The molecule has 0 saturated carbocycles. The van der Waals surface area contributed by atoms with Crippen LogP contribution in [0.25, 0.3) is 0 Å². The van der Waals surface area contributed by atoms with E-state index in [2.05, 4.69) is 34.3 Å². The van der Waals surface area contributed by atoms with Crippen LogP contribution in [0.2, 0.25) is 0 Å². The number of nitrogens with one attached hydrogen (secondary N) is 1. The Hall–Kier alpha value is -1.66. The summed E-state index contributed by atoms with van der Waals surface area (Å²) in [5.74, 6) is 3.06. The van der Waals surface area contributed by atoms with Crippen molar-refractivity contribution in [1.82, 2.24) is 0 Å². The maximum atomic E-state index is 9.17. The lowest BCUT2D eigenvalue weighted by Gasteiger charge is -2.34. The van der Waals surface area contributed by atoms with E-state index in [9.17, 15) is 0 Å². The first-order valence-electron chi connectivity index (χ1n) is 6.47. The van der Waals surface area contributed by atoms with Crippen LogP contribution in [-0.4, -0.2) is 31.3 Å². The molecule has 1 fully saturated rings. The van der Waals surface area contributed by atoms with Gasteiger partial charge < -0.3 is 15.3 Å². The Morgan fingerprint density at radius 3 is 2.72 bits per heavy atom. The molecule has 0 bridgehead atoms. The standard InChI is InChI=1S/C15H20N2O/c1-2-9-16-14-5-3-4-6-15(14)17-10-7-13(12-18)8-11-17/h1,3-6,13,16,18H,7-12H2. The van der Waals surface area contributed by atoms with Crippen molar-refractivity contribution < 1.29 is 5.11 Å². The zero-order chi connectivity index (χ0) is 12.8. The monoisotopic (exact) mass is 244 g/mol. The third kappa shape index (κ3) is 2.96. The Morgan fingerprint density at radius 2 is 2.06 bits per heavy atom. The first-order valence-corrected chi connectivity index (χ1v) is 6.47. The summed E-state index contributed by atoms with van der Waals surface area (Å²) < 4.78 is 0. The van der Waals surface area contributed by atoms with Gasteiger partial charge in [0.2, 0.25) is 0 Å². The van der Waals surface area contributed by atoms with E-state index in [0.717, 1.165) is 31.6 Å². The van der Waals surface area contributed by atoms with Crippen molar-refractivity contribution in [2.24, 2.45) is 5.92 Å². The Bertz CT molecular complexity index is 417. The summed E-state index contributed by atoms with van der Waals surface area (Å²) in [6.07, 6.45) is 7.40. The van der Waals surface area contributed by atoms with E-state index in [1.165, 1.54) is 5.69 Å².